The third kappa shape index (κ3) is 4.10. The van der Waals surface area contributed by atoms with Crippen molar-refractivity contribution in [3.05, 3.63) is 53.3 Å². The summed E-state index contributed by atoms with van der Waals surface area (Å²) in [6, 6.07) is 6.33. The Bertz CT molecular complexity index is 665. The molecule has 0 saturated heterocycles. The Kier molecular flexibility index (Phi) is 5.05. The Balaban J connectivity index is 2.13. The molecule has 0 spiro atoms. The number of hydrogen-bond donors (Lipinski definition) is 1. The summed E-state index contributed by atoms with van der Waals surface area (Å²) in [5, 5.41) is 12.5. The minimum atomic E-state index is -4.53. The van der Waals surface area contributed by atoms with E-state index < -0.39 is 17.8 Å². The van der Waals surface area contributed by atoms with E-state index in [4.69, 9.17) is 5.11 Å². The van der Waals surface area contributed by atoms with Gasteiger partial charge in [-0.2, -0.15) is 23.0 Å². The maximum absolute atomic E-state index is 12.6. The lowest BCUT2D eigenvalue weighted by molar-refractivity contribution is -0.137. The second-order valence-electron chi connectivity index (χ2n) is 4.94. The van der Waals surface area contributed by atoms with E-state index >= 15 is 0 Å². The van der Waals surface area contributed by atoms with Crippen LogP contribution in [0.1, 0.15) is 23.6 Å². The fourth-order valence-corrected chi connectivity index (χ4v) is 2.00. The summed E-state index contributed by atoms with van der Waals surface area (Å²) in [5.41, 5.74) is 0.583. The molecular formula is C15H16F3N3O2. The van der Waals surface area contributed by atoms with E-state index in [-0.39, 0.29) is 13.2 Å². The van der Waals surface area contributed by atoms with Crippen LogP contribution in [0.3, 0.4) is 0 Å². The van der Waals surface area contributed by atoms with Crippen LogP contribution in [-0.2, 0) is 19.3 Å². The Morgan fingerprint density at radius 1 is 1.26 bits per heavy atom. The molecule has 0 aliphatic rings. The zero-order valence-electron chi connectivity index (χ0n) is 12.4. The Labute approximate surface area is 130 Å². The number of carbonyl (C=O) groups excluding carboxylic acids is 1. The van der Waals surface area contributed by atoms with Crippen LogP contribution in [0.2, 0.25) is 0 Å². The molecule has 1 heterocycles. The number of aliphatic hydroxyl groups excluding tert-OH is 1. The van der Waals surface area contributed by atoms with Crippen molar-refractivity contribution < 1.29 is 23.1 Å². The van der Waals surface area contributed by atoms with Gasteiger partial charge in [0.05, 0.1) is 18.4 Å². The third-order valence-electron chi connectivity index (χ3n) is 3.34. The number of rotatable bonds is 4. The van der Waals surface area contributed by atoms with Gasteiger partial charge in [0.15, 0.2) is 0 Å². The van der Waals surface area contributed by atoms with E-state index in [1.807, 2.05) is 0 Å². The fraction of sp³-hybridized carbons (Fsp3) is 0.333. The minimum absolute atomic E-state index is 0.0792. The van der Waals surface area contributed by atoms with Crippen LogP contribution < -0.4 is 0 Å². The molecule has 23 heavy (non-hydrogen) atoms. The van der Waals surface area contributed by atoms with Crippen LogP contribution in [-0.4, -0.2) is 32.4 Å². The molecule has 1 aromatic heterocycles. The lowest BCUT2D eigenvalue weighted by Gasteiger charge is -2.20. The lowest BCUT2D eigenvalue weighted by Crippen LogP contribution is -2.34. The first-order valence-corrected chi connectivity index (χ1v) is 6.95. The van der Waals surface area contributed by atoms with Crippen LogP contribution in [0.5, 0.6) is 0 Å². The molecule has 0 saturated carbocycles. The van der Waals surface area contributed by atoms with Crippen molar-refractivity contribution in [3.63, 3.8) is 0 Å². The standard InChI is InChI=1S/C15H16F3N3O2/c1-2-20(8-11-3-5-12(10-22)6-4-11)14(23)21-9-13(7-19-21)15(16,17)18/h3-7,9,22H,2,8,10H2,1H3. The van der Waals surface area contributed by atoms with Gasteiger partial charge in [-0.1, -0.05) is 24.3 Å². The van der Waals surface area contributed by atoms with Crippen LogP contribution in [0.25, 0.3) is 0 Å². The third-order valence-corrected chi connectivity index (χ3v) is 3.34. The molecule has 1 N–H and O–H groups in total. The van der Waals surface area contributed by atoms with Crippen LogP contribution in [0.4, 0.5) is 18.0 Å². The number of hydrogen-bond acceptors (Lipinski definition) is 3. The van der Waals surface area contributed by atoms with E-state index in [1.54, 1.807) is 31.2 Å². The Hall–Kier alpha value is -2.35. The normalized spacial score (nSPS) is 11.5. The summed E-state index contributed by atoms with van der Waals surface area (Å²) in [6.45, 7) is 2.21. The van der Waals surface area contributed by atoms with Gasteiger partial charge in [-0.3, -0.25) is 0 Å². The molecule has 0 unspecified atom stereocenters. The molecule has 2 aromatic rings. The monoisotopic (exact) mass is 327 g/mol. The van der Waals surface area contributed by atoms with Gasteiger partial charge in [-0.05, 0) is 18.1 Å². The van der Waals surface area contributed by atoms with Crippen molar-refractivity contribution in [1.29, 1.82) is 0 Å². The summed E-state index contributed by atoms with van der Waals surface area (Å²) >= 11 is 0. The number of amides is 1. The SMILES string of the molecule is CCN(Cc1ccc(CO)cc1)C(=O)n1cc(C(F)(F)F)cn1. The van der Waals surface area contributed by atoms with Crippen molar-refractivity contribution in [2.45, 2.75) is 26.3 Å². The average Bonchev–Trinajstić information content (AvgIpc) is 3.02. The quantitative estimate of drug-likeness (QED) is 0.939. The molecule has 0 aliphatic heterocycles. The number of halogens is 3. The molecule has 2 rings (SSSR count). The highest BCUT2D eigenvalue weighted by molar-refractivity contribution is 5.76. The van der Waals surface area contributed by atoms with Gasteiger partial charge in [0.1, 0.15) is 0 Å². The second-order valence-corrected chi connectivity index (χ2v) is 4.94. The average molecular weight is 327 g/mol. The summed E-state index contributed by atoms with van der Waals surface area (Å²) in [5.74, 6) is 0. The molecule has 8 heteroatoms. The van der Waals surface area contributed by atoms with E-state index in [1.165, 1.54) is 4.90 Å². The van der Waals surface area contributed by atoms with Crippen LogP contribution in [0.15, 0.2) is 36.7 Å². The van der Waals surface area contributed by atoms with E-state index in [0.717, 1.165) is 11.1 Å². The van der Waals surface area contributed by atoms with Gasteiger partial charge in [-0.15, -0.1) is 0 Å². The summed E-state index contributed by atoms with van der Waals surface area (Å²) < 4.78 is 38.4. The number of nitrogens with zero attached hydrogens (tertiary/aromatic N) is 3. The molecule has 1 amide bonds. The molecule has 0 atom stereocenters. The number of aromatic nitrogens is 2. The second kappa shape index (κ2) is 6.82. The predicted octanol–water partition coefficient (Wildman–Crippen LogP) is 2.88. The number of carbonyl (C=O) groups is 1. The smallest absolute Gasteiger partial charge is 0.392 e. The minimum Gasteiger partial charge on any atom is -0.392 e. The molecule has 124 valence electrons. The first kappa shape index (κ1) is 17.0. The first-order valence-electron chi connectivity index (χ1n) is 6.95. The van der Waals surface area contributed by atoms with Gasteiger partial charge in [0, 0.05) is 19.3 Å². The molecular weight excluding hydrogens is 311 g/mol. The van der Waals surface area contributed by atoms with Crippen molar-refractivity contribution in [3.8, 4) is 0 Å². The Morgan fingerprint density at radius 2 is 1.87 bits per heavy atom. The van der Waals surface area contributed by atoms with Gasteiger partial charge < -0.3 is 10.0 Å². The van der Waals surface area contributed by atoms with Crippen molar-refractivity contribution in [2.24, 2.45) is 0 Å². The molecule has 1 aromatic carbocycles. The van der Waals surface area contributed by atoms with Crippen molar-refractivity contribution in [1.82, 2.24) is 14.7 Å². The fourth-order valence-electron chi connectivity index (χ4n) is 2.00. The zero-order chi connectivity index (χ0) is 17.0. The van der Waals surface area contributed by atoms with Crippen molar-refractivity contribution in [2.75, 3.05) is 6.54 Å². The molecule has 5 nitrogen and oxygen atoms in total. The maximum atomic E-state index is 12.6. The van der Waals surface area contributed by atoms with E-state index in [0.29, 0.717) is 23.6 Å². The van der Waals surface area contributed by atoms with E-state index in [2.05, 4.69) is 5.10 Å². The number of benzene rings is 1. The van der Waals surface area contributed by atoms with Gasteiger partial charge in [-0.25, -0.2) is 4.79 Å². The molecule has 0 radical (unpaired) electrons. The number of alkyl halides is 3. The predicted molar refractivity (Wildman–Crippen MR) is 76.5 cm³/mol. The van der Waals surface area contributed by atoms with Crippen LogP contribution >= 0.6 is 0 Å². The highest BCUT2D eigenvalue weighted by atomic mass is 19.4. The summed E-state index contributed by atoms with van der Waals surface area (Å²) in [7, 11) is 0. The number of aliphatic hydroxyl groups is 1. The topological polar surface area (TPSA) is 58.4 Å². The van der Waals surface area contributed by atoms with Gasteiger partial charge in [0.2, 0.25) is 0 Å². The largest absolute Gasteiger partial charge is 0.419 e. The molecule has 0 fully saturated rings. The first-order chi connectivity index (χ1) is 10.8. The molecule has 0 bridgehead atoms. The van der Waals surface area contributed by atoms with E-state index in [9.17, 15) is 18.0 Å². The maximum Gasteiger partial charge on any atom is 0.419 e. The molecule has 0 aliphatic carbocycles. The summed E-state index contributed by atoms with van der Waals surface area (Å²) in [4.78, 5) is 13.6. The van der Waals surface area contributed by atoms with Crippen LogP contribution in [0, 0.1) is 0 Å². The Morgan fingerprint density at radius 3 is 2.35 bits per heavy atom. The highest BCUT2D eigenvalue weighted by Crippen LogP contribution is 2.28. The van der Waals surface area contributed by atoms with Gasteiger partial charge >= 0.3 is 12.2 Å². The highest BCUT2D eigenvalue weighted by Gasteiger charge is 2.33. The zero-order valence-corrected chi connectivity index (χ0v) is 12.4. The summed E-state index contributed by atoms with van der Waals surface area (Å²) in [6.07, 6.45) is -3.22. The van der Waals surface area contributed by atoms with Gasteiger partial charge in [0.25, 0.3) is 0 Å². The van der Waals surface area contributed by atoms with Crippen molar-refractivity contribution >= 4 is 6.03 Å². The lowest BCUT2D eigenvalue weighted by atomic mass is 10.1.